The van der Waals surface area contributed by atoms with Gasteiger partial charge < -0.3 is 9.64 Å². The number of hydrogen-bond acceptors (Lipinski definition) is 5. The fourth-order valence-corrected chi connectivity index (χ4v) is 5.72. The molecule has 1 atom stereocenters. The molecule has 2 aromatic rings. The van der Waals surface area contributed by atoms with E-state index in [0.29, 0.717) is 43.5 Å². The summed E-state index contributed by atoms with van der Waals surface area (Å²) in [6.07, 6.45) is 4.50. The summed E-state index contributed by atoms with van der Waals surface area (Å²) in [6, 6.07) is 11.6. The highest BCUT2D eigenvalue weighted by Crippen LogP contribution is 2.32. The second-order valence-corrected chi connectivity index (χ2v) is 9.36. The summed E-state index contributed by atoms with van der Waals surface area (Å²) in [5.41, 5.74) is 2.32. The number of sulfonamides is 1. The molecule has 4 rings (SSSR count). The normalized spacial score (nSPS) is 21.6. The van der Waals surface area contributed by atoms with E-state index < -0.39 is 10.0 Å². The number of aromatic nitrogens is 1. The van der Waals surface area contributed by atoms with Gasteiger partial charge in [-0.2, -0.15) is 4.31 Å². The van der Waals surface area contributed by atoms with E-state index in [2.05, 4.69) is 28.9 Å². The molecule has 0 amide bonds. The van der Waals surface area contributed by atoms with Crippen LogP contribution in [0.4, 0.5) is 5.82 Å². The Morgan fingerprint density at radius 1 is 1.04 bits per heavy atom. The van der Waals surface area contributed by atoms with Crippen molar-refractivity contribution in [2.75, 3.05) is 37.7 Å². The van der Waals surface area contributed by atoms with Crippen LogP contribution in [0.15, 0.2) is 47.5 Å². The van der Waals surface area contributed by atoms with Crippen molar-refractivity contribution in [3.63, 3.8) is 0 Å². The first-order chi connectivity index (χ1) is 13.6. The molecular weight excluding hydrogens is 374 g/mol. The lowest BCUT2D eigenvalue weighted by molar-refractivity contribution is 0.0389. The van der Waals surface area contributed by atoms with Crippen molar-refractivity contribution in [1.29, 1.82) is 0 Å². The van der Waals surface area contributed by atoms with Gasteiger partial charge in [-0.3, -0.25) is 0 Å². The van der Waals surface area contributed by atoms with Crippen LogP contribution in [0.5, 0.6) is 0 Å². The third-order valence-corrected chi connectivity index (χ3v) is 7.50. The third-order valence-electron chi connectivity index (χ3n) is 5.59. The molecule has 150 valence electrons. The maximum absolute atomic E-state index is 13.3. The van der Waals surface area contributed by atoms with E-state index in [1.807, 2.05) is 12.1 Å². The summed E-state index contributed by atoms with van der Waals surface area (Å²) in [5, 5.41) is 0. The van der Waals surface area contributed by atoms with Crippen LogP contribution in [0.2, 0.25) is 0 Å². The maximum Gasteiger partial charge on any atom is 0.246 e. The van der Waals surface area contributed by atoms with E-state index >= 15 is 0 Å². The predicted octanol–water partition coefficient (Wildman–Crippen LogP) is 3.14. The molecule has 2 saturated heterocycles. The number of aryl methyl sites for hydroxylation is 1. The molecule has 1 aromatic heterocycles. The smallest absolute Gasteiger partial charge is 0.246 e. The van der Waals surface area contributed by atoms with E-state index in [9.17, 15) is 8.42 Å². The minimum absolute atomic E-state index is 0.0949. The van der Waals surface area contributed by atoms with Crippen molar-refractivity contribution < 1.29 is 13.2 Å². The molecule has 2 fully saturated rings. The molecule has 0 N–H and O–H groups in total. The quantitative estimate of drug-likeness (QED) is 0.788. The van der Waals surface area contributed by atoms with Crippen LogP contribution in [-0.2, 0) is 14.8 Å². The highest BCUT2D eigenvalue weighted by atomic mass is 32.2. The van der Waals surface area contributed by atoms with Crippen LogP contribution in [0, 0.1) is 6.92 Å². The Morgan fingerprint density at radius 2 is 1.82 bits per heavy atom. The van der Waals surface area contributed by atoms with Gasteiger partial charge in [-0.1, -0.05) is 30.7 Å². The average molecular weight is 402 g/mol. The monoisotopic (exact) mass is 401 g/mol. The Morgan fingerprint density at radius 3 is 2.61 bits per heavy atom. The average Bonchev–Trinajstić information content (AvgIpc) is 2.75. The van der Waals surface area contributed by atoms with Gasteiger partial charge in [0.15, 0.2) is 0 Å². The number of hydrogen-bond donors (Lipinski definition) is 0. The highest BCUT2D eigenvalue weighted by molar-refractivity contribution is 7.89. The van der Waals surface area contributed by atoms with Crippen molar-refractivity contribution in [2.45, 2.75) is 37.2 Å². The molecule has 7 heteroatoms. The topological polar surface area (TPSA) is 62.7 Å². The van der Waals surface area contributed by atoms with Crippen molar-refractivity contribution in [3.05, 3.63) is 53.7 Å². The number of ether oxygens (including phenoxy) is 1. The van der Waals surface area contributed by atoms with Gasteiger partial charge in [0.25, 0.3) is 0 Å². The molecule has 0 spiro atoms. The molecule has 3 heterocycles. The minimum Gasteiger partial charge on any atom is -0.370 e. The Labute approximate surface area is 167 Å². The SMILES string of the molecule is Cc1ccccc1C1CN(c2ncccc2S(=O)(=O)N2CCCCC2)CCO1. The zero-order valence-electron chi connectivity index (χ0n) is 16.3. The zero-order chi connectivity index (χ0) is 19.6. The number of rotatable bonds is 4. The van der Waals surface area contributed by atoms with Gasteiger partial charge in [0.05, 0.1) is 6.61 Å². The molecule has 2 aliphatic heterocycles. The molecule has 1 aromatic carbocycles. The molecule has 0 aliphatic carbocycles. The summed E-state index contributed by atoms with van der Waals surface area (Å²) in [5.74, 6) is 0.537. The maximum atomic E-state index is 13.3. The third kappa shape index (κ3) is 3.79. The summed E-state index contributed by atoms with van der Waals surface area (Å²) in [7, 11) is -3.54. The summed E-state index contributed by atoms with van der Waals surface area (Å²) in [4.78, 5) is 6.84. The van der Waals surface area contributed by atoms with E-state index in [1.54, 1.807) is 22.6 Å². The molecule has 1 unspecified atom stereocenters. The van der Waals surface area contributed by atoms with Crippen molar-refractivity contribution in [3.8, 4) is 0 Å². The standard InChI is InChI=1S/C21H27N3O3S/c1-17-8-3-4-9-18(17)19-16-23(14-15-27-19)21-20(10-7-11-22-21)28(25,26)24-12-5-2-6-13-24/h3-4,7-11,19H,2,5-6,12-16H2,1H3. The van der Waals surface area contributed by atoms with E-state index in [0.717, 1.165) is 24.8 Å². The van der Waals surface area contributed by atoms with E-state index in [4.69, 9.17) is 4.74 Å². The van der Waals surface area contributed by atoms with Gasteiger partial charge in [-0.25, -0.2) is 13.4 Å². The minimum atomic E-state index is -3.54. The number of morpholine rings is 1. The number of pyridine rings is 1. The molecule has 6 nitrogen and oxygen atoms in total. The largest absolute Gasteiger partial charge is 0.370 e. The van der Waals surface area contributed by atoms with Gasteiger partial charge >= 0.3 is 0 Å². The van der Waals surface area contributed by atoms with Crippen molar-refractivity contribution >= 4 is 15.8 Å². The fourth-order valence-electron chi connectivity index (χ4n) is 4.04. The summed E-state index contributed by atoms with van der Waals surface area (Å²) in [6.45, 7) is 5.01. The molecule has 0 bridgehead atoms. The van der Waals surface area contributed by atoms with Crippen molar-refractivity contribution in [1.82, 2.24) is 9.29 Å². The van der Waals surface area contributed by atoms with Gasteiger partial charge in [0.2, 0.25) is 10.0 Å². The Bertz CT molecular complexity index is 926. The van der Waals surface area contributed by atoms with Gasteiger partial charge in [-0.15, -0.1) is 0 Å². The second kappa shape index (κ2) is 8.19. The summed E-state index contributed by atoms with van der Waals surface area (Å²) < 4.78 is 34.2. The molecule has 0 radical (unpaired) electrons. The predicted molar refractivity (Wildman–Crippen MR) is 109 cm³/mol. The first-order valence-corrected chi connectivity index (χ1v) is 11.4. The van der Waals surface area contributed by atoms with Gasteiger partial charge in [-0.05, 0) is 43.0 Å². The first-order valence-electron chi connectivity index (χ1n) is 9.94. The zero-order valence-corrected chi connectivity index (χ0v) is 17.1. The second-order valence-electron chi connectivity index (χ2n) is 7.45. The fraction of sp³-hybridized carbons (Fsp3) is 0.476. The van der Waals surface area contributed by atoms with Crippen LogP contribution < -0.4 is 4.90 Å². The van der Waals surface area contributed by atoms with Crippen molar-refractivity contribution in [2.24, 2.45) is 0 Å². The lowest BCUT2D eigenvalue weighted by Gasteiger charge is -2.36. The summed E-state index contributed by atoms with van der Waals surface area (Å²) >= 11 is 0. The number of piperidine rings is 1. The molecule has 28 heavy (non-hydrogen) atoms. The van der Waals surface area contributed by atoms with Gasteiger partial charge in [0, 0.05) is 32.4 Å². The molecule has 2 aliphatic rings. The lowest BCUT2D eigenvalue weighted by atomic mass is 10.0. The number of nitrogens with zero attached hydrogens (tertiary/aromatic N) is 3. The Hall–Kier alpha value is -1.96. The van der Waals surface area contributed by atoms with Crippen LogP contribution in [0.3, 0.4) is 0 Å². The highest BCUT2D eigenvalue weighted by Gasteiger charge is 2.32. The number of anilines is 1. The van der Waals surface area contributed by atoms with Crippen LogP contribution in [0.25, 0.3) is 0 Å². The Balaban J connectivity index is 1.64. The van der Waals surface area contributed by atoms with E-state index in [-0.39, 0.29) is 6.10 Å². The van der Waals surface area contributed by atoms with Crippen LogP contribution in [0.1, 0.15) is 36.5 Å². The lowest BCUT2D eigenvalue weighted by Crippen LogP contribution is -2.41. The first kappa shape index (κ1) is 19.4. The Kier molecular flexibility index (Phi) is 5.66. The van der Waals surface area contributed by atoms with Crippen LogP contribution in [-0.4, -0.2) is 50.5 Å². The number of benzene rings is 1. The van der Waals surface area contributed by atoms with Gasteiger partial charge in [0.1, 0.15) is 16.8 Å². The van der Waals surface area contributed by atoms with E-state index in [1.165, 1.54) is 5.56 Å². The molecular formula is C21H27N3O3S. The van der Waals surface area contributed by atoms with Crippen LogP contribution >= 0.6 is 0 Å². The molecule has 0 saturated carbocycles.